The summed E-state index contributed by atoms with van der Waals surface area (Å²) in [4.78, 5) is 14.0. The molecule has 1 aliphatic heterocycles. The van der Waals surface area contributed by atoms with Crippen molar-refractivity contribution in [3.63, 3.8) is 0 Å². The van der Waals surface area contributed by atoms with E-state index in [1.165, 1.54) is 0 Å². The summed E-state index contributed by atoms with van der Waals surface area (Å²) < 4.78 is 0. The van der Waals surface area contributed by atoms with Gasteiger partial charge in [-0.2, -0.15) is 0 Å². The number of nitrogens with two attached hydrogens (primary N) is 1. The molecule has 0 bridgehead atoms. The van der Waals surface area contributed by atoms with Gasteiger partial charge in [-0.05, 0) is 18.9 Å². The van der Waals surface area contributed by atoms with Gasteiger partial charge in [0, 0.05) is 19.1 Å². The van der Waals surface area contributed by atoms with Gasteiger partial charge in [0.2, 0.25) is 5.91 Å². The Morgan fingerprint density at radius 3 is 2.69 bits per heavy atom. The topological polar surface area (TPSA) is 46.3 Å². The van der Waals surface area contributed by atoms with E-state index < -0.39 is 0 Å². The number of hydrogen-bond donors (Lipinski definition) is 1. The zero-order valence-corrected chi connectivity index (χ0v) is 9.60. The molecule has 2 N–H and O–H groups in total. The van der Waals surface area contributed by atoms with Crippen molar-refractivity contribution >= 4 is 5.91 Å². The lowest BCUT2D eigenvalue weighted by Crippen LogP contribution is -2.34. The molecule has 0 spiro atoms. The molecule has 3 heteroatoms. The molecule has 0 saturated carbocycles. The van der Waals surface area contributed by atoms with E-state index in [1.807, 2.05) is 42.2 Å². The van der Waals surface area contributed by atoms with Gasteiger partial charge < -0.3 is 10.6 Å². The molecule has 1 aromatic rings. The molecule has 86 valence electrons. The molecule has 16 heavy (non-hydrogen) atoms. The Hall–Kier alpha value is -1.35. The average Bonchev–Trinajstić information content (AvgIpc) is 2.75. The minimum Gasteiger partial charge on any atom is -0.341 e. The molecule has 1 heterocycles. The van der Waals surface area contributed by atoms with Crippen molar-refractivity contribution in [2.75, 3.05) is 13.1 Å². The van der Waals surface area contributed by atoms with Gasteiger partial charge in [0.05, 0.1) is 5.92 Å². The van der Waals surface area contributed by atoms with Gasteiger partial charge in [-0.3, -0.25) is 4.79 Å². The zero-order chi connectivity index (χ0) is 11.5. The Bertz CT molecular complexity index is 363. The molecule has 1 fully saturated rings. The summed E-state index contributed by atoms with van der Waals surface area (Å²) in [6.45, 7) is 3.47. The smallest absolute Gasteiger partial charge is 0.229 e. The van der Waals surface area contributed by atoms with E-state index in [0.717, 1.165) is 18.5 Å². The number of nitrogens with zero attached hydrogens (tertiary/aromatic N) is 1. The SMILES string of the molecule is C[C@@H](C(=O)N1CC[C@H](N)C1)c1ccccc1. The molecule has 1 saturated heterocycles. The minimum atomic E-state index is -0.0634. The summed E-state index contributed by atoms with van der Waals surface area (Å²) in [5.41, 5.74) is 6.88. The van der Waals surface area contributed by atoms with Crippen LogP contribution >= 0.6 is 0 Å². The Balaban J connectivity index is 2.05. The highest BCUT2D eigenvalue weighted by Crippen LogP contribution is 2.20. The fraction of sp³-hybridized carbons (Fsp3) is 0.462. The van der Waals surface area contributed by atoms with Crippen LogP contribution in [0, 0.1) is 0 Å². The van der Waals surface area contributed by atoms with Gasteiger partial charge in [-0.1, -0.05) is 30.3 Å². The van der Waals surface area contributed by atoms with Crippen molar-refractivity contribution in [2.45, 2.75) is 25.3 Å². The first-order valence-electron chi connectivity index (χ1n) is 5.78. The van der Waals surface area contributed by atoms with Crippen LogP contribution in [-0.2, 0) is 4.79 Å². The van der Waals surface area contributed by atoms with Crippen molar-refractivity contribution in [1.82, 2.24) is 4.90 Å². The lowest BCUT2D eigenvalue weighted by Gasteiger charge is -2.20. The fourth-order valence-electron chi connectivity index (χ4n) is 2.15. The average molecular weight is 218 g/mol. The van der Waals surface area contributed by atoms with E-state index in [0.29, 0.717) is 6.54 Å². The second kappa shape index (κ2) is 4.66. The zero-order valence-electron chi connectivity index (χ0n) is 9.60. The summed E-state index contributed by atoms with van der Waals surface area (Å²) in [5, 5.41) is 0. The number of hydrogen-bond acceptors (Lipinski definition) is 2. The molecular weight excluding hydrogens is 200 g/mol. The highest BCUT2D eigenvalue weighted by Gasteiger charge is 2.27. The summed E-state index contributed by atoms with van der Waals surface area (Å²) >= 11 is 0. The van der Waals surface area contributed by atoms with Crippen LogP contribution in [0.2, 0.25) is 0 Å². The molecule has 2 rings (SSSR count). The summed E-state index contributed by atoms with van der Waals surface area (Å²) in [7, 11) is 0. The van der Waals surface area contributed by atoms with Gasteiger partial charge >= 0.3 is 0 Å². The van der Waals surface area contributed by atoms with Crippen molar-refractivity contribution in [3.05, 3.63) is 35.9 Å². The van der Waals surface area contributed by atoms with Crippen LogP contribution in [0.5, 0.6) is 0 Å². The highest BCUT2D eigenvalue weighted by molar-refractivity contribution is 5.83. The van der Waals surface area contributed by atoms with Crippen LogP contribution in [0.4, 0.5) is 0 Å². The maximum absolute atomic E-state index is 12.2. The Labute approximate surface area is 96.2 Å². The van der Waals surface area contributed by atoms with Gasteiger partial charge in [0.15, 0.2) is 0 Å². The van der Waals surface area contributed by atoms with Crippen LogP contribution in [0.25, 0.3) is 0 Å². The third kappa shape index (κ3) is 2.25. The second-order valence-corrected chi connectivity index (χ2v) is 4.47. The molecule has 3 nitrogen and oxygen atoms in total. The first kappa shape index (κ1) is 11.1. The molecule has 0 aromatic heterocycles. The van der Waals surface area contributed by atoms with Crippen molar-refractivity contribution in [3.8, 4) is 0 Å². The number of benzene rings is 1. The number of carbonyl (C=O) groups excluding carboxylic acids is 1. The summed E-state index contributed by atoms with van der Waals surface area (Å²) in [6, 6.07) is 10.1. The lowest BCUT2D eigenvalue weighted by atomic mass is 10.00. The molecule has 0 unspecified atom stereocenters. The molecule has 0 aliphatic carbocycles. The second-order valence-electron chi connectivity index (χ2n) is 4.47. The van der Waals surface area contributed by atoms with E-state index in [2.05, 4.69) is 0 Å². The Kier molecular flexibility index (Phi) is 3.25. The van der Waals surface area contributed by atoms with E-state index in [9.17, 15) is 4.79 Å². The van der Waals surface area contributed by atoms with Gasteiger partial charge in [-0.25, -0.2) is 0 Å². The monoisotopic (exact) mass is 218 g/mol. The van der Waals surface area contributed by atoms with Crippen molar-refractivity contribution in [2.24, 2.45) is 5.73 Å². The van der Waals surface area contributed by atoms with Crippen LogP contribution < -0.4 is 5.73 Å². The van der Waals surface area contributed by atoms with Crippen molar-refractivity contribution in [1.29, 1.82) is 0 Å². The molecule has 1 aromatic carbocycles. The molecular formula is C13H18N2O. The van der Waals surface area contributed by atoms with Crippen LogP contribution in [0.3, 0.4) is 0 Å². The van der Waals surface area contributed by atoms with Crippen LogP contribution in [0.1, 0.15) is 24.8 Å². The highest BCUT2D eigenvalue weighted by atomic mass is 16.2. The number of carbonyl (C=O) groups is 1. The third-order valence-corrected chi connectivity index (χ3v) is 3.21. The number of amides is 1. The molecule has 1 aliphatic rings. The van der Waals surface area contributed by atoms with Gasteiger partial charge in [0.1, 0.15) is 0 Å². The van der Waals surface area contributed by atoms with Crippen molar-refractivity contribution < 1.29 is 4.79 Å². The van der Waals surface area contributed by atoms with E-state index in [1.54, 1.807) is 0 Å². The van der Waals surface area contributed by atoms with Crippen LogP contribution in [-0.4, -0.2) is 29.9 Å². The van der Waals surface area contributed by atoms with Gasteiger partial charge in [-0.15, -0.1) is 0 Å². The molecule has 0 radical (unpaired) electrons. The number of likely N-dealkylation sites (tertiary alicyclic amines) is 1. The first-order valence-corrected chi connectivity index (χ1v) is 5.78. The number of rotatable bonds is 2. The van der Waals surface area contributed by atoms with E-state index in [-0.39, 0.29) is 17.9 Å². The normalized spacial score (nSPS) is 22.1. The van der Waals surface area contributed by atoms with Crippen LogP contribution in [0.15, 0.2) is 30.3 Å². The minimum absolute atomic E-state index is 0.0634. The Morgan fingerprint density at radius 1 is 1.44 bits per heavy atom. The van der Waals surface area contributed by atoms with E-state index in [4.69, 9.17) is 5.73 Å². The predicted molar refractivity (Wildman–Crippen MR) is 64.0 cm³/mol. The quantitative estimate of drug-likeness (QED) is 0.814. The fourth-order valence-corrected chi connectivity index (χ4v) is 2.15. The summed E-state index contributed by atoms with van der Waals surface area (Å²) in [5.74, 6) is 0.130. The lowest BCUT2D eigenvalue weighted by molar-refractivity contribution is -0.131. The third-order valence-electron chi connectivity index (χ3n) is 3.21. The molecule has 2 atom stereocenters. The summed E-state index contributed by atoms with van der Waals surface area (Å²) in [6.07, 6.45) is 0.924. The first-order chi connectivity index (χ1) is 7.68. The van der Waals surface area contributed by atoms with E-state index >= 15 is 0 Å². The molecule has 1 amide bonds. The largest absolute Gasteiger partial charge is 0.341 e. The maximum atomic E-state index is 12.2. The van der Waals surface area contributed by atoms with Gasteiger partial charge in [0.25, 0.3) is 0 Å². The Morgan fingerprint density at radius 2 is 2.12 bits per heavy atom. The predicted octanol–water partition coefficient (Wildman–Crippen LogP) is 1.35. The standard InChI is InChI=1S/C13H18N2O/c1-10(11-5-3-2-4-6-11)13(16)15-8-7-12(14)9-15/h2-6,10,12H,7-9,14H2,1H3/t10-,12+/m1/s1. The maximum Gasteiger partial charge on any atom is 0.229 e.